The Labute approximate surface area is 139 Å². The number of carbonyl (C=O) groups excluding carboxylic acids is 1. The van der Waals surface area contributed by atoms with Crippen molar-refractivity contribution < 1.29 is 13.9 Å². The highest BCUT2D eigenvalue weighted by molar-refractivity contribution is 5.78. The van der Waals surface area contributed by atoms with Gasteiger partial charge in [-0.2, -0.15) is 0 Å². The van der Waals surface area contributed by atoms with E-state index in [0.717, 1.165) is 11.1 Å². The van der Waals surface area contributed by atoms with Crippen molar-refractivity contribution in [3.63, 3.8) is 0 Å². The lowest BCUT2D eigenvalue weighted by atomic mass is 10.1. The molecule has 122 valence electrons. The van der Waals surface area contributed by atoms with E-state index in [1.54, 1.807) is 24.3 Å². The van der Waals surface area contributed by atoms with Crippen molar-refractivity contribution in [3.8, 4) is 17.2 Å². The minimum atomic E-state index is -0.174. The summed E-state index contributed by atoms with van der Waals surface area (Å²) < 4.78 is 10.6. The van der Waals surface area contributed by atoms with Gasteiger partial charge in [0, 0.05) is 5.56 Å². The predicted molar refractivity (Wildman–Crippen MR) is 88.2 cm³/mol. The van der Waals surface area contributed by atoms with Crippen LogP contribution in [0.3, 0.4) is 0 Å². The van der Waals surface area contributed by atoms with Crippen LogP contribution in [-0.2, 0) is 4.79 Å². The summed E-state index contributed by atoms with van der Waals surface area (Å²) in [4.78, 5) is 12.0. The van der Waals surface area contributed by atoms with Gasteiger partial charge in [-0.05, 0) is 36.8 Å². The minimum absolute atomic E-state index is 0.0446. The third-order valence-corrected chi connectivity index (χ3v) is 3.51. The second-order valence-corrected chi connectivity index (χ2v) is 5.26. The van der Waals surface area contributed by atoms with E-state index in [2.05, 4.69) is 15.5 Å². The molecule has 0 aliphatic rings. The van der Waals surface area contributed by atoms with Crippen LogP contribution < -0.4 is 10.1 Å². The lowest BCUT2D eigenvalue weighted by Gasteiger charge is -2.14. The molecule has 1 atom stereocenters. The van der Waals surface area contributed by atoms with Crippen molar-refractivity contribution in [3.05, 3.63) is 66.6 Å². The molecule has 1 aromatic heterocycles. The Balaban J connectivity index is 1.51. The first-order valence-electron chi connectivity index (χ1n) is 7.56. The topological polar surface area (TPSA) is 77.2 Å². The standard InChI is InChI=1S/C18H17N3O3/c1-13(14-5-3-2-4-6-14)20-17(22)11-23-16-9-7-15(8-10-16)18-21-19-12-24-18/h2-10,12-13H,11H2,1H3,(H,20,22)/t13-/m0/s1. The summed E-state index contributed by atoms with van der Waals surface area (Å²) in [5.41, 5.74) is 1.84. The van der Waals surface area contributed by atoms with Gasteiger partial charge in [-0.3, -0.25) is 4.79 Å². The van der Waals surface area contributed by atoms with Gasteiger partial charge in [0.15, 0.2) is 6.61 Å². The molecule has 0 spiro atoms. The molecule has 6 nitrogen and oxygen atoms in total. The maximum atomic E-state index is 12.0. The van der Waals surface area contributed by atoms with Gasteiger partial charge in [0.05, 0.1) is 6.04 Å². The summed E-state index contributed by atoms with van der Waals surface area (Å²) in [6.07, 6.45) is 1.28. The summed E-state index contributed by atoms with van der Waals surface area (Å²) in [5.74, 6) is 0.865. The van der Waals surface area contributed by atoms with Crippen molar-refractivity contribution in [1.29, 1.82) is 0 Å². The number of benzene rings is 2. The number of carbonyl (C=O) groups is 1. The highest BCUT2D eigenvalue weighted by Gasteiger charge is 2.10. The van der Waals surface area contributed by atoms with Crippen LogP contribution >= 0.6 is 0 Å². The van der Waals surface area contributed by atoms with Gasteiger partial charge in [0.25, 0.3) is 5.91 Å². The fourth-order valence-electron chi connectivity index (χ4n) is 2.25. The van der Waals surface area contributed by atoms with Crippen LogP contribution in [-0.4, -0.2) is 22.7 Å². The maximum absolute atomic E-state index is 12.0. The lowest BCUT2D eigenvalue weighted by molar-refractivity contribution is -0.123. The predicted octanol–water partition coefficient (Wildman–Crippen LogP) is 2.99. The Morgan fingerprint density at radius 1 is 1.17 bits per heavy atom. The minimum Gasteiger partial charge on any atom is -0.484 e. The first-order valence-corrected chi connectivity index (χ1v) is 7.56. The molecule has 6 heteroatoms. The molecule has 0 saturated heterocycles. The van der Waals surface area contributed by atoms with Gasteiger partial charge in [0.1, 0.15) is 5.75 Å². The number of nitrogens with one attached hydrogen (secondary N) is 1. The van der Waals surface area contributed by atoms with Gasteiger partial charge in [-0.1, -0.05) is 30.3 Å². The number of rotatable bonds is 6. The molecule has 0 saturated carbocycles. The fraction of sp³-hybridized carbons (Fsp3) is 0.167. The largest absolute Gasteiger partial charge is 0.484 e. The Hall–Kier alpha value is -3.15. The van der Waals surface area contributed by atoms with E-state index in [9.17, 15) is 4.79 Å². The number of hydrogen-bond donors (Lipinski definition) is 1. The zero-order chi connectivity index (χ0) is 16.8. The quantitative estimate of drug-likeness (QED) is 0.754. The third-order valence-electron chi connectivity index (χ3n) is 3.51. The van der Waals surface area contributed by atoms with E-state index in [1.807, 2.05) is 37.3 Å². The van der Waals surface area contributed by atoms with Gasteiger partial charge in [-0.15, -0.1) is 10.2 Å². The molecule has 1 heterocycles. The molecule has 0 bridgehead atoms. The Morgan fingerprint density at radius 2 is 1.92 bits per heavy atom. The van der Waals surface area contributed by atoms with Gasteiger partial charge in [0.2, 0.25) is 12.3 Å². The van der Waals surface area contributed by atoms with Crippen LogP contribution in [0.2, 0.25) is 0 Å². The lowest BCUT2D eigenvalue weighted by Crippen LogP contribution is -2.31. The average Bonchev–Trinajstić information content (AvgIpc) is 3.16. The first kappa shape index (κ1) is 15.7. The van der Waals surface area contributed by atoms with Crippen LogP contribution in [0.5, 0.6) is 5.75 Å². The molecule has 24 heavy (non-hydrogen) atoms. The monoisotopic (exact) mass is 323 g/mol. The zero-order valence-corrected chi connectivity index (χ0v) is 13.2. The average molecular weight is 323 g/mol. The number of amides is 1. The summed E-state index contributed by atoms with van der Waals surface area (Å²) in [6.45, 7) is 1.89. The molecule has 0 radical (unpaired) electrons. The SMILES string of the molecule is C[C@H](NC(=O)COc1ccc(-c2nnco2)cc1)c1ccccc1. The molecule has 0 fully saturated rings. The summed E-state index contributed by atoms with van der Waals surface area (Å²) >= 11 is 0. The Kier molecular flexibility index (Phi) is 4.86. The van der Waals surface area contributed by atoms with Crippen molar-refractivity contribution >= 4 is 5.91 Å². The summed E-state index contributed by atoms with van der Waals surface area (Å²) in [7, 11) is 0. The molecule has 3 aromatic rings. The molecule has 0 aliphatic heterocycles. The normalized spacial score (nSPS) is 11.7. The third kappa shape index (κ3) is 3.98. The Morgan fingerprint density at radius 3 is 2.58 bits per heavy atom. The van der Waals surface area contributed by atoms with Crippen LogP contribution in [0, 0.1) is 0 Å². The molecular weight excluding hydrogens is 306 g/mol. The highest BCUT2D eigenvalue weighted by atomic mass is 16.5. The van der Waals surface area contributed by atoms with E-state index in [0.29, 0.717) is 11.6 Å². The second kappa shape index (κ2) is 7.41. The van der Waals surface area contributed by atoms with Crippen LogP contribution in [0.1, 0.15) is 18.5 Å². The van der Waals surface area contributed by atoms with E-state index in [4.69, 9.17) is 9.15 Å². The second-order valence-electron chi connectivity index (χ2n) is 5.26. The van der Waals surface area contributed by atoms with E-state index in [-0.39, 0.29) is 18.6 Å². The molecule has 2 aromatic carbocycles. The number of hydrogen-bond acceptors (Lipinski definition) is 5. The first-order chi connectivity index (χ1) is 11.7. The molecule has 1 N–H and O–H groups in total. The van der Waals surface area contributed by atoms with Crippen LogP contribution in [0.4, 0.5) is 0 Å². The van der Waals surface area contributed by atoms with Crippen molar-refractivity contribution in [2.75, 3.05) is 6.61 Å². The zero-order valence-electron chi connectivity index (χ0n) is 13.2. The highest BCUT2D eigenvalue weighted by Crippen LogP contribution is 2.20. The van der Waals surface area contributed by atoms with Gasteiger partial charge < -0.3 is 14.5 Å². The molecule has 0 aliphatic carbocycles. The number of aromatic nitrogens is 2. The van der Waals surface area contributed by atoms with E-state index in [1.165, 1.54) is 6.39 Å². The van der Waals surface area contributed by atoms with Gasteiger partial charge >= 0.3 is 0 Å². The van der Waals surface area contributed by atoms with Crippen LogP contribution in [0.15, 0.2) is 65.4 Å². The molecule has 3 rings (SSSR count). The van der Waals surface area contributed by atoms with Crippen molar-refractivity contribution in [2.24, 2.45) is 0 Å². The number of ether oxygens (including phenoxy) is 1. The van der Waals surface area contributed by atoms with Crippen molar-refractivity contribution in [2.45, 2.75) is 13.0 Å². The summed E-state index contributed by atoms with van der Waals surface area (Å²) in [6, 6.07) is 16.8. The van der Waals surface area contributed by atoms with Crippen molar-refractivity contribution in [1.82, 2.24) is 15.5 Å². The smallest absolute Gasteiger partial charge is 0.258 e. The Bertz CT molecular complexity index is 771. The summed E-state index contributed by atoms with van der Waals surface area (Å²) in [5, 5.41) is 10.4. The number of nitrogens with zero attached hydrogens (tertiary/aromatic N) is 2. The molecule has 0 unspecified atom stereocenters. The van der Waals surface area contributed by atoms with Crippen LogP contribution in [0.25, 0.3) is 11.5 Å². The molecule has 1 amide bonds. The fourth-order valence-corrected chi connectivity index (χ4v) is 2.25. The van der Waals surface area contributed by atoms with Gasteiger partial charge in [-0.25, -0.2) is 0 Å². The molecular formula is C18H17N3O3. The van der Waals surface area contributed by atoms with E-state index < -0.39 is 0 Å². The maximum Gasteiger partial charge on any atom is 0.258 e. The van der Waals surface area contributed by atoms with E-state index >= 15 is 0 Å².